The largest absolute Gasteiger partial charge is 2.00 e. The van der Waals surface area contributed by atoms with Gasteiger partial charge in [-0.2, -0.15) is 0 Å². The maximum absolute atomic E-state index is 11.6. The SMILES string of the molecule is CCCCCCCCCCCCCCCCCCCCC1Nc2ccc(S(=O)(=O)[O-])cc2N1Cc1ccccc1.CCCCCCCCCCCCCCCCCCCCC1Nc2ccc(S(=O)(=O)[O-])cc2N1Cc1ccccc1.[Ca+2]. The Labute approximate surface area is 524 Å². The van der Waals surface area contributed by atoms with Crippen LogP contribution in [0, 0.1) is 0 Å². The van der Waals surface area contributed by atoms with Gasteiger partial charge in [-0.3, -0.25) is 0 Å². The molecule has 2 unspecified atom stereocenters. The van der Waals surface area contributed by atoms with Crippen LogP contribution in [0.5, 0.6) is 0 Å². The van der Waals surface area contributed by atoms with E-state index in [4.69, 9.17) is 0 Å². The van der Waals surface area contributed by atoms with E-state index in [0.717, 1.165) is 59.6 Å². The number of hydrogen-bond donors (Lipinski definition) is 2. The first-order valence-corrected chi connectivity index (χ1v) is 35.1. The summed E-state index contributed by atoms with van der Waals surface area (Å²) >= 11 is 0. The summed E-state index contributed by atoms with van der Waals surface area (Å²) in [5.41, 5.74) is 5.72. The molecule has 0 aromatic heterocycles. The fraction of sp³-hybridized carbons (Fsp3) is 0.647. The minimum atomic E-state index is -4.49. The van der Waals surface area contributed by atoms with Crippen molar-refractivity contribution in [2.75, 3.05) is 20.4 Å². The number of unbranched alkanes of at least 4 members (excludes halogenated alkanes) is 34. The number of nitrogens with zero attached hydrogens (tertiary/aromatic N) is 2. The Morgan fingerprint density at radius 3 is 0.852 bits per heavy atom. The first-order valence-electron chi connectivity index (χ1n) is 32.3. The van der Waals surface area contributed by atoms with Gasteiger partial charge in [0.1, 0.15) is 20.2 Å². The molecule has 0 saturated carbocycles. The normalized spacial score (nSPS) is 14.7. The molecule has 6 rings (SSSR count). The summed E-state index contributed by atoms with van der Waals surface area (Å²) in [6.45, 7) is 5.91. The Balaban J connectivity index is 0.000000344. The summed E-state index contributed by atoms with van der Waals surface area (Å²) in [4.78, 5) is 4.10. The second kappa shape index (κ2) is 42.1. The van der Waals surface area contributed by atoms with Crippen LogP contribution in [0.4, 0.5) is 22.7 Å². The second-order valence-corrected chi connectivity index (χ2v) is 26.2. The number of anilines is 4. The number of rotatable bonds is 44. The summed E-state index contributed by atoms with van der Waals surface area (Å²) < 4.78 is 69.8. The second-order valence-electron chi connectivity index (χ2n) is 23.4. The van der Waals surface area contributed by atoms with Crippen LogP contribution in [0.3, 0.4) is 0 Å². The van der Waals surface area contributed by atoms with Crippen molar-refractivity contribution in [3.05, 3.63) is 108 Å². The molecule has 2 heterocycles. The number of fused-ring (bicyclic) bond motifs is 2. The Bertz CT molecular complexity index is 2290. The average molecular weight is 1180 g/mol. The zero-order chi connectivity index (χ0) is 56.9. The fourth-order valence-electron chi connectivity index (χ4n) is 11.8. The molecule has 2 aliphatic heterocycles. The molecule has 448 valence electrons. The molecule has 4 aromatic rings. The first-order chi connectivity index (χ1) is 39.0. The molecule has 0 fully saturated rings. The van der Waals surface area contributed by atoms with Crippen molar-refractivity contribution in [2.24, 2.45) is 0 Å². The molecule has 0 aliphatic carbocycles. The Morgan fingerprint density at radius 2 is 0.605 bits per heavy atom. The Morgan fingerprint density at radius 1 is 0.358 bits per heavy atom. The van der Waals surface area contributed by atoms with E-state index in [9.17, 15) is 25.9 Å². The van der Waals surface area contributed by atoms with Crippen molar-refractivity contribution in [3.63, 3.8) is 0 Å². The van der Waals surface area contributed by atoms with Crippen LogP contribution in [0.15, 0.2) is 107 Å². The van der Waals surface area contributed by atoms with Gasteiger partial charge in [0.25, 0.3) is 0 Å². The van der Waals surface area contributed by atoms with Gasteiger partial charge in [0.2, 0.25) is 0 Å². The van der Waals surface area contributed by atoms with Crippen LogP contribution in [-0.2, 0) is 33.3 Å². The molecule has 0 amide bonds. The van der Waals surface area contributed by atoms with Gasteiger partial charge < -0.3 is 29.5 Å². The zero-order valence-electron chi connectivity index (χ0n) is 50.5. The van der Waals surface area contributed by atoms with Gasteiger partial charge in [-0.25, -0.2) is 16.8 Å². The van der Waals surface area contributed by atoms with Crippen molar-refractivity contribution in [3.8, 4) is 0 Å². The molecule has 2 N–H and O–H groups in total. The standard InChI is InChI=1S/2C34H54N2O3S.Ca/c2*1-2-3-4-5-6-7-8-9-10-11-12-13-14-15-16-17-18-22-25-34-35-32-27-26-31(40(37,38)39)28-33(32)36(34)29-30-23-20-19-21-24-30;/h2*19-21,23-24,26-28,34-35H,2-18,22,25,29H2,1H3,(H,37,38,39);/q;;+2/p-2. The van der Waals surface area contributed by atoms with E-state index in [1.165, 1.54) is 243 Å². The van der Waals surface area contributed by atoms with E-state index in [-0.39, 0.29) is 59.9 Å². The van der Waals surface area contributed by atoms with Gasteiger partial charge in [-0.1, -0.05) is 293 Å². The summed E-state index contributed by atoms with van der Waals surface area (Å²) in [7, 11) is -8.98. The summed E-state index contributed by atoms with van der Waals surface area (Å²) in [5.74, 6) is 0. The average Bonchev–Trinajstić information content (AvgIpc) is 4.07. The first kappa shape index (κ1) is 70.6. The van der Waals surface area contributed by atoms with Crippen LogP contribution in [0.1, 0.15) is 269 Å². The van der Waals surface area contributed by atoms with Gasteiger partial charge in [-0.05, 0) is 73.2 Å². The van der Waals surface area contributed by atoms with Gasteiger partial charge in [-0.15, -0.1) is 0 Å². The molecule has 0 bridgehead atoms. The van der Waals surface area contributed by atoms with E-state index in [2.05, 4.69) is 58.5 Å². The van der Waals surface area contributed by atoms with Crippen LogP contribution < -0.4 is 20.4 Å². The molecule has 2 aliphatic rings. The van der Waals surface area contributed by atoms with Crippen molar-refractivity contribution in [1.29, 1.82) is 0 Å². The van der Waals surface area contributed by atoms with Crippen LogP contribution in [-0.4, -0.2) is 76.0 Å². The van der Waals surface area contributed by atoms with Gasteiger partial charge in [0.15, 0.2) is 0 Å². The molecule has 10 nitrogen and oxygen atoms in total. The fourth-order valence-corrected chi connectivity index (χ4v) is 12.8. The molecule has 0 radical (unpaired) electrons. The smallest absolute Gasteiger partial charge is 0.744 e. The summed E-state index contributed by atoms with van der Waals surface area (Å²) in [6.07, 6.45) is 51.4. The molecule has 0 spiro atoms. The minimum Gasteiger partial charge on any atom is -0.744 e. The number of hydrogen-bond acceptors (Lipinski definition) is 10. The van der Waals surface area contributed by atoms with Crippen LogP contribution >= 0.6 is 0 Å². The van der Waals surface area contributed by atoms with E-state index >= 15 is 0 Å². The number of benzene rings is 4. The molecule has 4 aromatic carbocycles. The maximum Gasteiger partial charge on any atom is 2.00 e. The Kier molecular flexibility index (Phi) is 36.7. The maximum atomic E-state index is 11.6. The van der Waals surface area contributed by atoms with Gasteiger partial charge in [0.05, 0.1) is 44.9 Å². The summed E-state index contributed by atoms with van der Waals surface area (Å²) in [6, 6.07) is 29.7. The van der Waals surface area contributed by atoms with Crippen molar-refractivity contribution >= 4 is 80.7 Å². The quantitative estimate of drug-likeness (QED) is 0.0249. The van der Waals surface area contributed by atoms with Crippen LogP contribution in [0.2, 0.25) is 0 Å². The third kappa shape index (κ3) is 28.7. The number of nitrogens with one attached hydrogen (secondary N) is 2. The van der Waals surface area contributed by atoms with Crippen molar-refractivity contribution in [1.82, 2.24) is 0 Å². The Hall–Kier alpha value is -2.84. The third-order valence-corrected chi connectivity index (χ3v) is 18.2. The van der Waals surface area contributed by atoms with Crippen molar-refractivity contribution in [2.45, 2.75) is 293 Å². The molecule has 13 heteroatoms. The van der Waals surface area contributed by atoms with E-state index < -0.39 is 20.2 Å². The monoisotopic (exact) mass is 1180 g/mol. The molecular weight excluding hydrogens is 1070 g/mol. The molecule has 81 heavy (non-hydrogen) atoms. The van der Waals surface area contributed by atoms with Crippen LogP contribution in [0.25, 0.3) is 0 Å². The molecular formula is C68H106CaN4O6S2. The van der Waals surface area contributed by atoms with Gasteiger partial charge >= 0.3 is 37.7 Å². The summed E-state index contributed by atoms with van der Waals surface area (Å²) in [5, 5.41) is 7.14. The predicted octanol–water partition coefficient (Wildman–Crippen LogP) is 19.2. The van der Waals surface area contributed by atoms with E-state index in [1.807, 2.05) is 36.4 Å². The topological polar surface area (TPSA) is 145 Å². The third-order valence-electron chi connectivity index (χ3n) is 16.6. The van der Waals surface area contributed by atoms with Gasteiger partial charge in [0, 0.05) is 13.1 Å². The van der Waals surface area contributed by atoms with Crippen molar-refractivity contribution < 1.29 is 25.9 Å². The predicted molar refractivity (Wildman–Crippen MR) is 341 cm³/mol. The molecule has 2 atom stereocenters. The van der Waals surface area contributed by atoms with E-state index in [0.29, 0.717) is 13.1 Å². The molecule has 0 saturated heterocycles. The zero-order valence-corrected chi connectivity index (χ0v) is 54.4. The van der Waals surface area contributed by atoms with E-state index in [1.54, 1.807) is 12.1 Å². The minimum absolute atomic E-state index is 0.